The molecule has 1 aromatic carbocycles. The number of anilines is 1. The maximum atomic E-state index is 13.0. The number of halogens is 2. The van der Waals surface area contributed by atoms with Crippen LogP contribution >= 0.6 is 43.2 Å². The molecule has 4 rings (SSSR count). The Morgan fingerprint density at radius 2 is 1.96 bits per heavy atom. The van der Waals surface area contributed by atoms with E-state index in [-0.39, 0.29) is 17.5 Å². The molecule has 0 radical (unpaired) electrons. The Kier molecular flexibility index (Phi) is 5.30. The normalized spacial score (nSPS) is 21.4. The minimum atomic E-state index is -0.331. The van der Waals surface area contributed by atoms with E-state index in [1.807, 2.05) is 12.1 Å². The Balaban J connectivity index is 1.70. The number of nitrogens with one attached hydrogen (secondary N) is 2. The number of hydrogen-bond acceptors (Lipinski definition) is 4. The first-order valence-corrected chi connectivity index (χ1v) is 11.8. The molecule has 4 nitrogen and oxygen atoms in total. The molecule has 0 saturated carbocycles. The predicted octanol–water partition coefficient (Wildman–Crippen LogP) is 6.29. The molecule has 1 aliphatic carbocycles. The minimum absolute atomic E-state index is 0.00334. The molecule has 2 aromatic rings. The SMILES string of the molecule is COc1c(Br)cc(Br)cc1[C@@H]1NC(=O)c2c(sc3c2CC[C@@H](C(C)(C)C)C3)N1. The van der Waals surface area contributed by atoms with E-state index in [2.05, 4.69) is 63.3 Å². The monoisotopic (exact) mass is 526 g/mol. The smallest absolute Gasteiger partial charge is 0.256 e. The summed E-state index contributed by atoms with van der Waals surface area (Å²) in [5.74, 6) is 1.38. The Morgan fingerprint density at radius 1 is 1.21 bits per heavy atom. The van der Waals surface area contributed by atoms with Gasteiger partial charge >= 0.3 is 0 Å². The number of benzene rings is 1. The lowest BCUT2D eigenvalue weighted by Crippen LogP contribution is -2.38. The largest absolute Gasteiger partial charge is 0.495 e. The van der Waals surface area contributed by atoms with Crippen molar-refractivity contribution >= 4 is 54.1 Å². The third-order valence-corrected chi connectivity index (χ3v) is 8.05. The van der Waals surface area contributed by atoms with E-state index in [1.54, 1.807) is 18.4 Å². The molecular weight excluding hydrogens is 504 g/mol. The van der Waals surface area contributed by atoms with Crippen molar-refractivity contribution in [3.8, 4) is 5.75 Å². The number of amides is 1. The molecule has 0 bridgehead atoms. The Labute approximate surface area is 186 Å². The van der Waals surface area contributed by atoms with Gasteiger partial charge in [0.05, 0.1) is 17.1 Å². The Morgan fingerprint density at radius 3 is 2.64 bits per heavy atom. The number of carbonyl (C=O) groups is 1. The number of ether oxygens (including phenoxy) is 1. The highest BCUT2D eigenvalue weighted by Gasteiger charge is 2.37. The highest BCUT2D eigenvalue weighted by Crippen LogP contribution is 2.47. The fraction of sp³-hybridized carbons (Fsp3) is 0.476. The summed E-state index contributed by atoms with van der Waals surface area (Å²) in [4.78, 5) is 14.4. The third kappa shape index (κ3) is 3.50. The zero-order chi connectivity index (χ0) is 20.2. The fourth-order valence-electron chi connectivity index (χ4n) is 4.20. The lowest BCUT2D eigenvalue weighted by Gasteiger charge is -2.34. The summed E-state index contributed by atoms with van der Waals surface area (Å²) in [7, 11) is 1.64. The van der Waals surface area contributed by atoms with Gasteiger partial charge in [-0.15, -0.1) is 11.3 Å². The first kappa shape index (κ1) is 20.2. The first-order chi connectivity index (χ1) is 13.2. The number of thiophene rings is 1. The van der Waals surface area contributed by atoms with E-state index >= 15 is 0 Å². The zero-order valence-electron chi connectivity index (χ0n) is 16.4. The van der Waals surface area contributed by atoms with Crippen LogP contribution in [0, 0.1) is 11.3 Å². The molecule has 2 heterocycles. The highest BCUT2D eigenvalue weighted by atomic mass is 79.9. The molecule has 2 atom stereocenters. The van der Waals surface area contributed by atoms with Crippen molar-refractivity contribution in [1.29, 1.82) is 0 Å². The van der Waals surface area contributed by atoms with Crippen LogP contribution in [0.4, 0.5) is 5.00 Å². The van der Waals surface area contributed by atoms with Gasteiger partial charge < -0.3 is 15.4 Å². The number of methoxy groups -OCH3 is 1. The van der Waals surface area contributed by atoms with Gasteiger partial charge in [-0.2, -0.15) is 0 Å². The second-order valence-electron chi connectivity index (χ2n) is 8.57. The molecule has 0 unspecified atom stereocenters. The molecule has 0 saturated heterocycles. The van der Waals surface area contributed by atoms with Crippen LogP contribution in [0.3, 0.4) is 0 Å². The second kappa shape index (κ2) is 7.33. The van der Waals surface area contributed by atoms with Crippen LogP contribution in [0.2, 0.25) is 0 Å². The maximum absolute atomic E-state index is 13.0. The highest BCUT2D eigenvalue weighted by molar-refractivity contribution is 9.11. The van der Waals surface area contributed by atoms with Crippen molar-refractivity contribution in [2.45, 2.75) is 46.2 Å². The average Bonchev–Trinajstić information content (AvgIpc) is 2.98. The lowest BCUT2D eigenvalue weighted by molar-refractivity contribution is 0.0934. The summed E-state index contributed by atoms with van der Waals surface area (Å²) in [6.07, 6.45) is 2.85. The van der Waals surface area contributed by atoms with Crippen molar-refractivity contribution in [3.05, 3.63) is 42.6 Å². The minimum Gasteiger partial charge on any atom is -0.495 e. The van der Waals surface area contributed by atoms with Gasteiger partial charge in [0, 0.05) is 14.9 Å². The van der Waals surface area contributed by atoms with E-state index in [0.29, 0.717) is 5.92 Å². The number of hydrogen-bond donors (Lipinski definition) is 2. The summed E-state index contributed by atoms with van der Waals surface area (Å²) < 4.78 is 7.36. The fourth-order valence-corrected chi connectivity index (χ4v) is 6.98. The van der Waals surface area contributed by atoms with Gasteiger partial charge in [-0.25, -0.2) is 0 Å². The van der Waals surface area contributed by atoms with E-state index in [4.69, 9.17) is 4.74 Å². The first-order valence-electron chi connectivity index (χ1n) is 9.44. The van der Waals surface area contributed by atoms with Gasteiger partial charge in [0.25, 0.3) is 5.91 Å². The van der Waals surface area contributed by atoms with Crippen LogP contribution in [0.5, 0.6) is 5.75 Å². The van der Waals surface area contributed by atoms with Crippen LogP contribution in [-0.4, -0.2) is 13.0 Å². The molecule has 0 fully saturated rings. The number of fused-ring (bicyclic) bond motifs is 3. The zero-order valence-corrected chi connectivity index (χ0v) is 20.4. The molecule has 2 aliphatic rings. The van der Waals surface area contributed by atoms with Crippen molar-refractivity contribution in [2.24, 2.45) is 11.3 Å². The predicted molar refractivity (Wildman–Crippen MR) is 122 cm³/mol. The summed E-state index contributed by atoms with van der Waals surface area (Å²) in [6.45, 7) is 6.94. The van der Waals surface area contributed by atoms with Crippen molar-refractivity contribution in [2.75, 3.05) is 12.4 Å². The lowest BCUT2D eigenvalue weighted by atomic mass is 9.72. The van der Waals surface area contributed by atoms with Gasteiger partial charge in [-0.3, -0.25) is 4.79 Å². The maximum Gasteiger partial charge on any atom is 0.256 e. The third-order valence-electron chi connectivity index (χ3n) is 5.82. The number of rotatable bonds is 2. The van der Waals surface area contributed by atoms with Gasteiger partial charge in [-0.05, 0) is 64.2 Å². The quantitative estimate of drug-likeness (QED) is 0.482. The summed E-state index contributed by atoms with van der Waals surface area (Å²) in [5.41, 5.74) is 3.26. The molecule has 150 valence electrons. The van der Waals surface area contributed by atoms with Crippen molar-refractivity contribution in [3.63, 3.8) is 0 Å². The average molecular weight is 528 g/mol. The van der Waals surface area contributed by atoms with Gasteiger partial charge in [0.15, 0.2) is 0 Å². The molecule has 1 aromatic heterocycles. The van der Waals surface area contributed by atoms with Crippen LogP contribution in [0.15, 0.2) is 21.1 Å². The van der Waals surface area contributed by atoms with Crippen LogP contribution in [-0.2, 0) is 12.8 Å². The Bertz CT molecular complexity index is 949. The standard InChI is InChI=1S/C21H24Br2N2O2S/c1-21(2,3)10-5-6-12-15(7-10)28-20-16(12)19(26)24-18(25-20)13-8-11(22)9-14(23)17(13)27-4/h8-10,18,25H,5-7H2,1-4H3,(H,24,26)/t10-,18-/m1/s1. The molecule has 28 heavy (non-hydrogen) atoms. The molecule has 0 spiro atoms. The van der Waals surface area contributed by atoms with Gasteiger partial charge in [0.2, 0.25) is 0 Å². The van der Waals surface area contributed by atoms with Gasteiger partial charge in [0.1, 0.15) is 16.9 Å². The second-order valence-corrected chi connectivity index (χ2v) is 11.4. The topological polar surface area (TPSA) is 50.4 Å². The molecule has 2 N–H and O–H groups in total. The van der Waals surface area contributed by atoms with Crippen LogP contribution < -0.4 is 15.4 Å². The summed E-state index contributed by atoms with van der Waals surface area (Å²) in [5, 5.41) is 7.66. The van der Waals surface area contributed by atoms with E-state index in [1.165, 1.54) is 10.4 Å². The van der Waals surface area contributed by atoms with Gasteiger partial charge in [-0.1, -0.05) is 36.7 Å². The van der Waals surface area contributed by atoms with E-state index < -0.39 is 0 Å². The molecule has 1 aliphatic heterocycles. The van der Waals surface area contributed by atoms with E-state index in [0.717, 1.165) is 50.1 Å². The van der Waals surface area contributed by atoms with Crippen molar-refractivity contribution in [1.82, 2.24) is 5.32 Å². The molecule has 7 heteroatoms. The van der Waals surface area contributed by atoms with Crippen LogP contribution in [0.25, 0.3) is 0 Å². The number of carbonyl (C=O) groups excluding carboxylic acids is 1. The Hall–Kier alpha value is -1.05. The van der Waals surface area contributed by atoms with Crippen LogP contribution in [0.1, 0.15) is 59.7 Å². The van der Waals surface area contributed by atoms with Crippen molar-refractivity contribution < 1.29 is 9.53 Å². The van der Waals surface area contributed by atoms with E-state index in [9.17, 15) is 4.79 Å². The molecule has 1 amide bonds. The summed E-state index contributed by atoms with van der Waals surface area (Å²) in [6, 6.07) is 3.92. The summed E-state index contributed by atoms with van der Waals surface area (Å²) >= 11 is 8.83. The molecular formula is C21H24Br2N2O2S.